The van der Waals surface area contributed by atoms with Crippen LogP contribution in [-0.4, -0.2) is 21.0 Å². The van der Waals surface area contributed by atoms with Gasteiger partial charge in [0.15, 0.2) is 11.5 Å². The third-order valence-corrected chi connectivity index (χ3v) is 2.49. The smallest absolute Gasteiger partial charge is 0.357 e. The molecule has 1 N–H and O–H groups in total. The summed E-state index contributed by atoms with van der Waals surface area (Å²) in [7, 11) is 0. The summed E-state index contributed by atoms with van der Waals surface area (Å²) in [4.78, 5) is 17.7. The van der Waals surface area contributed by atoms with Gasteiger partial charge >= 0.3 is 5.97 Å². The molecule has 0 aliphatic rings. The first-order valence-corrected chi connectivity index (χ1v) is 5.07. The lowest BCUT2D eigenvalue weighted by Crippen LogP contribution is -2.07. The van der Waals surface area contributed by atoms with Crippen molar-refractivity contribution in [3.63, 3.8) is 0 Å². The summed E-state index contributed by atoms with van der Waals surface area (Å²) in [6, 6.07) is 3.27. The van der Waals surface area contributed by atoms with Crippen molar-refractivity contribution in [3.05, 3.63) is 46.9 Å². The maximum absolute atomic E-state index is 13.8. The first-order chi connectivity index (χ1) is 8.50. The zero-order valence-corrected chi connectivity index (χ0v) is 9.45. The molecular weight excluding hydrogens is 266 g/mol. The van der Waals surface area contributed by atoms with Crippen molar-refractivity contribution in [2.75, 3.05) is 0 Å². The van der Waals surface area contributed by atoms with Gasteiger partial charge in [-0.25, -0.2) is 23.5 Å². The summed E-state index contributed by atoms with van der Waals surface area (Å²) in [6.07, 6.45) is 0.904. The van der Waals surface area contributed by atoms with E-state index in [2.05, 4.69) is 9.97 Å². The lowest BCUT2D eigenvalue weighted by Gasteiger charge is -2.06. The highest BCUT2D eigenvalue weighted by molar-refractivity contribution is 6.33. The van der Waals surface area contributed by atoms with Crippen LogP contribution in [0.25, 0.3) is 11.3 Å². The number of carboxylic acids is 1. The number of aromatic nitrogens is 2. The topological polar surface area (TPSA) is 63.1 Å². The van der Waals surface area contributed by atoms with Crippen LogP contribution in [0, 0.1) is 11.6 Å². The predicted molar refractivity (Wildman–Crippen MR) is 59.4 cm³/mol. The summed E-state index contributed by atoms with van der Waals surface area (Å²) < 4.78 is 26.7. The van der Waals surface area contributed by atoms with Gasteiger partial charge in [0.05, 0.1) is 5.02 Å². The van der Waals surface area contributed by atoms with Crippen molar-refractivity contribution >= 4 is 17.6 Å². The van der Waals surface area contributed by atoms with E-state index >= 15 is 0 Å². The number of halogens is 3. The molecule has 0 radical (unpaired) electrons. The first-order valence-electron chi connectivity index (χ1n) is 4.70. The Bertz CT molecular complexity index is 634. The highest BCUT2D eigenvalue weighted by Gasteiger charge is 2.19. The molecule has 92 valence electrons. The number of benzene rings is 1. The lowest BCUT2D eigenvalue weighted by atomic mass is 10.1. The van der Waals surface area contributed by atoms with Crippen molar-refractivity contribution in [3.8, 4) is 11.3 Å². The third kappa shape index (κ3) is 2.14. The molecule has 2 rings (SSSR count). The molecule has 1 heterocycles. The van der Waals surface area contributed by atoms with Crippen molar-refractivity contribution in [1.82, 2.24) is 9.97 Å². The Morgan fingerprint density at radius 1 is 1.28 bits per heavy atom. The molecule has 0 saturated carbocycles. The molecule has 0 aliphatic heterocycles. The fraction of sp³-hybridized carbons (Fsp3) is 0. The number of aromatic carboxylic acids is 1. The molecule has 0 saturated heterocycles. The molecule has 0 aliphatic carbocycles. The van der Waals surface area contributed by atoms with Crippen molar-refractivity contribution in [2.24, 2.45) is 0 Å². The normalized spacial score (nSPS) is 10.4. The number of carboxylic acid groups (broad SMARTS) is 1. The van der Waals surface area contributed by atoms with E-state index in [9.17, 15) is 13.6 Å². The molecule has 7 heteroatoms. The van der Waals surface area contributed by atoms with Gasteiger partial charge in [0.25, 0.3) is 0 Å². The SMILES string of the molecule is O=C(O)c1ncnc(-c2ccc(F)cc2Cl)c1F. The molecule has 0 fully saturated rings. The fourth-order valence-corrected chi connectivity index (χ4v) is 1.64. The van der Waals surface area contributed by atoms with Gasteiger partial charge in [-0.1, -0.05) is 11.6 Å². The second-order valence-electron chi connectivity index (χ2n) is 3.31. The Morgan fingerprint density at radius 3 is 2.61 bits per heavy atom. The third-order valence-electron chi connectivity index (χ3n) is 2.18. The van der Waals surface area contributed by atoms with E-state index in [0.717, 1.165) is 18.5 Å². The monoisotopic (exact) mass is 270 g/mol. The van der Waals surface area contributed by atoms with Gasteiger partial charge in [-0.05, 0) is 18.2 Å². The number of nitrogens with zero attached hydrogens (tertiary/aromatic N) is 2. The van der Waals surface area contributed by atoms with Gasteiger partial charge in [-0.2, -0.15) is 0 Å². The van der Waals surface area contributed by atoms with E-state index in [1.165, 1.54) is 6.07 Å². The maximum Gasteiger partial charge on any atom is 0.357 e. The van der Waals surface area contributed by atoms with E-state index in [-0.39, 0.29) is 16.3 Å². The van der Waals surface area contributed by atoms with Gasteiger partial charge in [-0.3, -0.25) is 0 Å². The van der Waals surface area contributed by atoms with Crippen molar-refractivity contribution in [1.29, 1.82) is 0 Å². The Balaban J connectivity index is 2.64. The number of rotatable bonds is 2. The fourth-order valence-electron chi connectivity index (χ4n) is 1.39. The molecule has 4 nitrogen and oxygen atoms in total. The van der Waals surface area contributed by atoms with Crippen LogP contribution in [0.5, 0.6) is 0 Å². The van der Waals surface area contributed by atoms with E-state index in [1.807, 2.05) is 0 Å². The van der Waals surface area contributed by atoms with Gasteiger partial charge in [0, 0.05) is 5.56 Å². The number of carbonyl (C=O) groups is 1. The molecule has 1 aromatic heterocycles. The van der Waals surface area contributed by atoms with E-state index in [0.29, 0.717) is 0 Å². The molecular formula is C11H5ClF2N2O2. The predicted octanol–water partition coefficient (Wildman–Crippen LogP) is 2.77. The van der Waals surface area contributed by atoms with E-state index in [4.69, 9.17) is 16.7 Å². The number of hydrogen-bond donors (Lipinski definition) is 1. The summed E-state index contributed by atoms with van der Waals surface area (Å²) >= 11 is 5.75. The van der Waals surface area contributed by atoms with E-state index in [1.54, 1.807) is 0 Å². The molecule has 0 unspecified atom stereocenters. The van der Waals surface area contributed by atoms with Crippen molar-refractivity contribution in [2.45, 2.75) is 0 Å². The second-order valence-corrected chi connectivity index (χ2v) is 3.72. The van der Waals surface area contributed by atoms with Crippen LogP contribution in [0.3, 0.4) is 0 Å². The molecule has 2 aromatic rings. The molecule has 0 amide bonds. The minimum Gasteiger partial charge on any atom is -0.476 e. The van der Waals surface area contributed by atoms with Gasteiger partial charge in [0.1, 0.15) is 17.8 Å². The minimum absolute atomic E-state index is 0.0658. The molecule has 0 bridgehead atoms. The van der Waals surface area contributed by atoms with Crippen LogP contribution >= 0.6 is 11.6 Å². The molecule has 1 aromatic carbocycles. The quantitative estimate of drug-likeness (QED) is 0.911. The first kappa shape index (κ1) is 12.4. The van der Waals surface area contributed by atoms with Crippen LogP contribution < -0.4 is 0 Å². The maximum atomic E-state index is 13.8. The van der Waals surface area contributed by atoms with Crippen molar-refractivity contribution < 1.29 is 18.7 Å². The van der Waals surface area contributed by atoms with Crippen LogP contribution in [0.15, 0.2) is 24.5 Å². The van der Waals surface area contributed by atoms with Crippen LogP contribution in [0.4, 0.5) is 8.78 Å². The Hall–Kier alpha value is -2.08. The van der Waals surface area contributed by atoms with Crippen LogP contribution in [0.2, 0.25) is 5.02 Å². The lowest BCUT2D eigenvalue weighted by molar-refractivity contribution is 0.0684. The van der Waals surface area contributed by atoms with Gasteiger partial charge in [-0.15, -0.1) is 0 Å². The summed E-state index contributed by atoms with van der Waals surface area (Å²) in [5.41, 5.74) is -0.951. The average Bonchev–Trinajstić information content (AvgIpc) is 2.30. The molecule has 0 atom stereocenters. The standard InChI is InChI=1S/C11H5ClF2N2O2/c12-7-3-5(13)1-2-6(7)9-8(14)10(11(17)18)16-4-15-9/h1-4H,(H,17,18). The number of hydrogen-bond acceptors (Lipinski definition) is 3. The summed E-state index contributed by atoms with van der Waals surface area (Å²) in [5, 5.41) is 8.66. The Labute approximate surface area is 105 Å². The summed E-state index contributed by atoms with van der Waals surface area (Å²) in [5.74, 6) is -3.22. The molecule has 0 spiro atoms. The van der Waals surface area contributed by atoms with E-state index < -0.39 is 23.3 Å². The Kier molecular flexibility index (Phi) is 3.20. The van der Waals surface area contributed by atoms with Gasteiger partial charge in [0.2, 0.25) is 0 Å². The average molecular weight is 271 g/mol. The molecule has 18 heavy (non-hydrogen) atoms. The Morgan fingerprint density at radius 2 is 2.00 bits per heavy atom. The van der Waals surface area contributed by atoms with Gasteiger partial charge < -0.3 is 5.11 Å². The zero-order valence-electron chi connectivity index (χ0n) is 8.69. The highest BCUT2D eigenvalue weighted by Crippen LogP contribution is 2.29. The van der Waals surface area contributed by atoms with Crippen LogP contribution in [-0.2, 0) is 0 Å². The van der Waals surface area contributed by atoms with Crippen LogP contribution in [0.1, 0.15) is 10.5 Å². The zero-order chi connectivity index (χ0) is 13.3. The minimum atomic E-state index is -1.52. The summed E-state index contributed by atoms with van der Waals surface area (Å²) in [6.45, 7) is 0. The second kappa shape index (κ2) is 4.66. The largest absolute Gasteiger partial charge is 0.476 e. The highest BCUT2D eigenvalue weighted by atomic mass is 35.5.